The molecule has 1 aliphatic carbocycles. The van der Waals surface area contributed by atoms with Crippen molar-refractivity contribution in [3.8, 4) is 0 Å². The molecule has 0 bridgehead atoms. The normalized spacial score (nSPS) is 16.3. The van der Waals surface area contributed by atoms with Gasteiger partial charge in [0.2, 0.25) is 5.91 Å². The maximum absolute atomic E-state index is 11.6. The van der Waals surface area contributed by atoms with E-state index in [4.69, 9.17) is 0 Å². The molecule has 6 heteroatoms. The summed E-state index contributed by atoms with van der Waals surface area (Å²) in [6, 6.07) is 0.830. The number of amides is 1. The number of carbonyl (C=O) groups excluding carboxylic acids is 1. The van der Waals surface area contributed by atoms with Crippen LogP contribution in [0, 0.1) is 0 Å². The van der Waals surface area contributed by atoms with E-state index in [0.29, 0.717) is 19.0 Å². The van der Waals surface area contributed by atoms with Gasteiger partial charge in [0.05, 0.1) is 6.54 Å². The van der Waals surface area contributed by atoms with E-state index in [1.165, 1.54) is 12.8 Å². The Hall–Kier alpha value is -0.530. The van der Waals surface area contributed by atoms with Crippen LogP contribution < -0.4 is 16.0 Å². The van der Waals surface area contributed by atoms with Crippen LogP contribution in [0.2, 0.25) is 0 Å². The second-order valence-corrected chi connectivity index (χ2v) is 4.81. The molecule has 1 aliphatic rings. The number of hydrogen-bond donors (Lipinski definition) is 3. The summed E-state index contributed by atoms with van der Waals surface area (Å²) in [5, 5.41) is 9.45. The summed E-state index contributed by atoms with van der Waals surface area (Å²) in [4.78, 5) is 16.0. The molecule has 1 saturated carbocycles. The van der Waals surface area contributed by atoms with Crippen molar-refractivity contribution in [1.82, 2.24) is 16.0 Å². The molecule has 0 aromatic heterocycles. The van der Waals surface area contributed by atoms with Crippen LogP contribution in [0.4, 0.5) is 0 Å². The van der Waals surface area contributed by atoms with E-state index in [2.05, 4.69) is 27.9 Å². The number of rotatable bonds is 7. The number of carbonyl (C=O) groups is 1. The molecule has 1 unspecified atom stereocenters. The van der Waals surface area contributed by atoms with Crippen LogP contribution in [-0.2, 0) is 4.79 Å². The van der Waals surface area contributed by atoms with Gasteiger partial charge < -0.3 is 16.0 Å². The summed E-state index contributed by atoms with van der Waals surface area (Å²) in [6.07, 6.45) is 3.85. The third-order valence-electron chi connectivity index (χ3n) is 2.89. The Morgan fingerprint density at radius 3 is 2.58 bits per heavy atom. The minimum absolute atomic E-state index is 0. The summed E-state index contributed by atoms with van der Waals surface area (Å²) in [6.45, 7) is 7.49. The van der Waals surface area contributed by atoms with Gasteiger partial charge >= 0.3 is 0 Å². The van der Waals surface area contributed by atoms with Crippen LogP contribution in [0.3, 0.4) is 0 Å². The molecule has 5 nitrogen and oxygen atoms in total. The standard InChI is InChI=1S/C13H26N4O.HI/c1-4-10(3)16-12(18)8-9-15-13(14-5-2)17-11-6-7-11;/h10-11H,4-9H2,1-3H3,(H,16,18)(H2,14,15,17);1H. The van der Waals surface area contributed by atoms with Crippen molar-refractivity contribution in [3.63, 3.8) is 0 Å². The number of aliphatic imine (C=N–C) groups is 1. The van der Waals surface area contributed by atoms with Crippen molar-refractivity contribution >= 4 is 35.8 Å². The largest absolute Gasteiger partial charge is 0.357 e. The van der Waals surface area contributed by atoms with Crippen molar-refractivity contribution in [2.24, 2.45) is 4.99 Å². The van der Waals surface area contributed by atoms with Gasteiger partial charge in [0.25, 0.3) is 0 Å². The van der Waals surface area contributed by atoms with Crippen molar-refractivity contribution in [2.45, 2.75) is 58.5 Å². The Morgan fingerprint density at radius 2 is 2.05 bits per heavy atom. The second-order valence-electron chi connectivity index (χ2n) is 4.81. The van der Waals surface area contributed by atoms with Crippen molar-refractivity contribution in [2.75, 3.05) is 13.1 Å². The molecular weight excluding hydrogens is 355 g/mol. The summed E-state index contributed by atoms with van der Waals surface area (Å²) < 4.78 is 0. The molecule has 1 fully saturated rings. The van der Waals surface area contributed by atoms with Gasteiger partial charge in [-0.25, -0.2) is 0 Å². The third kappa shape index (κ3) is 9.07. The average molecular weight is 382 g/mol. The quantitative estimate of drug-likeness (QED) is 0.356. The van der Waals surface area contributed by atoms with Gasteiger partial charge in [-0.3, -0.25) is 9.79 Å². The zero-order chi connectivity index (χ0) is 13.4. The third-order valence-corrected chi connectivity index (χ3v) is 2.89. The molecule has 1 atom stereocenters. The first kappa shape index (κ1) is 18.5. The van der Waals surface area contributed by atoms with E-state index >= 15 is 0 Å². The molecule has 0 aliphatic heterocycles. The lowest BCUT2D eigenvalue weighted by atomic mass is 10.2. The fourth-order valence-electron chi connectivity index (χ4n) is 1.46. The molecule has 0 saturated heterocycles. The summed E-state index contributed by atoms with van der Waals surface area (Å²) in [5.74, 6) is 0.909. The van der Waals surface area contributed by atoms with Crippen LogP contribution in [-0.4, -0.2) is 37.0 Å². The highest BCUT2D eigenvalue weighted by Gasteiger charge is 2.22. The predicted octanol–water partition coefficient (Wildman–Crippen LogP) is 1.63. The van der Waals surface area contributed by atoms with Crippen LogP contribution in [0.5, 0.6) is 0 Å². The summed E-state index contributed by atoms with van der Waals surface area (Å²) in [5.41, 5.74) is 0. The molecule has 1 amide bonds. The highest BCUT2D eigenvalue weighted by molar-refractivity contribution is 14.0. The highest BCUT2D eigenvalue weighted by Crippen LogP contribution is 2.18. The van der Waals surface area contributed by atoms with Gasteiger partial charge in [-0.05, 0) is 33.1 Å². The van der Waals surface area contributed by atoms with Crippen LogP contribution in [0.15, 0.2) is 4.99 Å². The van der Waals surface area contributed by atoms with Crippen LogP contribution in [0.25, 0.3) is 0 Å². The molecule has 3 N–H and O–H groups in total. The Labute approximate surface area is 133 Å². The van der Waals surface area contributed by atoms with Gasteiger partial charge in [-0.2, -0.15) is 0 Å². The van der Waals surface area contributed by atoms with Crippen LogP contribution >= 0.6 is 24.0 Å². The lowest BCUT2D eigenvalue weighted by Gasteiger charge is -2.12. The van der Waals surface area contributed by atoms with Gasteiger partial charge in [-0.15, -0.1) is 24.0 Å². The molecule has 0 heterocycles. The number of guanidine groups is 1. The second kappa shape index (κ2) is 10.3. The fraction of sp³-hybridized carbons (Fsp3) is 0.846. The molecule has 1 rings (SSSR count). The molecule has 0 aromatic carbocycles. The zero-order valence-electron chi connectivity index (χ0n) is 12.2. The topological polar surface area (TPSA) is 65.5 Å². The molecule has 0 radical (unpaired) electrons. The first-order valence-electron chi connectivity index (χ1n) is 6.99. The molecule has 112 valence electrons. The van der Waals surface area contributed by atoms with Gasteiger partial charge in [-0.1, -0.05) is 6.92 Å². The van der Waals surface area contributed by atoms with Gasteiger partial charge in [0.15, 0.2) is 5.96 Å². The average Bonchev–Trinajstić information content (AvgIpc) is 3.13. The number of halogens is 1. The Bertz CT molecular complexity index is 292. The predicted molar refractivity (Wildman–Crippen MR) is 90.1 cm³/mol. The maximum Gasteiger partial charge on any atom is 0.222 e. The lowest BCUT2D eigenvalue weighted by Crippen LogP contribution is -2.39. The van der Waals surface area contributed by atoms with E-state index in [0.717, 1.165) is 18.9 Å². The van der Waals surface area contributed by atoms with Gasteiger partial charge in [0, 0.05) is 25.0 Å². The Kier molecular flexibility index (Phi) is 9.99. The fourth-order valence-corrected chi connectivity index (χ4v) is 1.46. The zero-order valence-corrected chi connectivity index (χ0v) is 14.5. The molecule has 19 heavy (non-hydrogen) atoms. The molecule has 0 spiro atoms. The lowest BCUT2D eigenvalue weighted by molar-refractivity contribution is -0.121. The van der Waals surface area contributed by atoms with Crippen molar-refractivity contribution < 1.29 is 4.79 Å². The Balaban J connectivity index is 0.00000324. The smallest absolute Gasteiger partial charge is 0.222 e. The minimum atomic E-state index is 0. The first-order chi connectivity index (χ1) is 8.65. The first-order valence-corrected chi connectivity index (χ1v) is 6.99. The maximum atomic E-state index is 11.6. The number of nitrogens with zero attached hydrogens (tertiary/aromatic N) is 1. The highest BCUT2D eigenvalue weighted by atomic mass is 127. The number of nitrogens with one attached hydrogen (secondary N) is 3. The Morgan fingerprint density at radius 1 is 1.37 bits per heavy atom. The van der Waals surface area contributed by atoms with Gasteiger partial charge in [0.1, 0.15) is 0 Å². The minimum Gasteiger partial charge on any atom is -0.357 e. The molecular formula is C13H27IN4O. The molecule has 0 aromatic rings. The van der Waals surface area contributed by atoms with E-state index in [-0.39, 0.29) is 35.9 Å². The van der Waals surface area contributed by atoms with E-state index in [1.807, 2.05) is 13.8 Å². The van der Waals surface area contributed by atoms with Crippen molar-refractivity contribution in [3.05, 3.63) is 0 Å². The van der Waals surface area contributed by atoms with Crippen molar-refractivity contribution in [1.29, 1.82) is 0 Å². The van der Waals surface area contributed by atoms with E-state index in [1.54, 1.807) is 0 Å². The van der Waals surface area contributed by atoms with Crippen LogP contribution in [0.1, 0.15) is 46.5 Å². The SMILES string of the molecule is CCNC(=NCCC(=O)NC(C)CC)NC1CC1.I. The van der Waals surface area contributed by atoms with E-state index in [9.17, 15) is 4.79 Å². The van der Waals surface area contributed by atoms with E-state index < -0.39 is 0 Å². The summed E-state index contributed by atoms with van der Waals surface area (Å²) >= 11 is 0. The monoisotopic (exact) mass is 382 g/mol. The number of hydrogen-bond acceptors (Lipinski definition) is 2. The summed E-state index contributed by atoms with van der Waals surface area (Å²) in [7, 11) is 0.